The third kappa shape index (κ3) is 5.13. The van der Waals surface area contributed by atoms with Gasteiger partial charge in [0.15, 0.2) is 10.9 Å². The molecule has 3 rings (SSSR count). The number of hydrazine groups is 1. The van der Waals surface area contributed by atoms with Crippen molar-refractivity contribution in [1.82, 2.24) is 5.01 Å². The van der Waals surface area contributed by atoms with Crippen molar-refractivity contribution in [2.24, 2.45) is 5.84 Å². The fourth-order valence-corrected chi connectivity index (χ4v) is 4.03. The number of benzene rings is 2. The van der Waals surface area contributed by atoms with Crippen LogP contribution in [0.15, 0.2) is 53.9 Å². The first-order chi connectivity index (χ1) is 13.9. The summed E-state index contributed by atoms with van der Waals surface area (Å²) in [5, 5.41) is 8.04. The molecule has 8 heteroatoms. The highest BCUT2D eigenvalue weighted by Crippen LogP contribution is 2.30. The van der Waals surface area contributed by atoms with Crippen LogP contribution >= 0.6 is 35.2 Å². The van der Waals surface area contributed by atoms with E-state index in [0.29, 0.717) is 32.8 Å². The lowest BCUT2D eigenvalue weighted by atomic mass is 10.0. The molecule has 3 N–H and O–H groups in total. The number of ether oxygens (including phenoxy) is 1. The van der Waals surface area contributed by atoms with E-state index in [2.05, 4.69) is 5.32 Å². The average molecular weight is 446 g/mol. The summed E-state index contributed by atoms with van der Waals surface area (Å²) in [5.41, 5.74) is 3.00. The highest BCUT2D eigenvalue weighted by molar-refractivity contribution is 7.80. The Balaban J connectivity index is 1.73. The molecule has 0 saturated heterocycles. The molecule has 3 aromatic rings. The molecule has 29 heavy (non-hydrogen) atoms. The number of nitrogens with two attached hydrogens (primary N) is 1. The zero-order valence-electron chi connectivity index (χ0n) is 15.9. The first kappa shape index (κ1) is 21.3. The van der Waals surface area contributed by atoms with Crippen molar-refractivity contribution >= 4 is 51.1 Å². The van der Waals surface area contributed by atoms with E-state index in [-0.39, 0.29) is 5.78 Å². The van der Waals surface area contributed by atoms with Gasteiger partial charge in [-0.2, -0.15) is 0 Å². The number of rotatable bonds is 6. The van der Waals surface area contributed by atoms with Crippen LogP contribution < -0.4 is 15.9 Å². The molecular weight excluding hydrogens is 426 g/mol. The molecule has 0 fully saturated rings. The van der Waals surface area contributed by atoms with Gasteiger partial charge in [-0.1, -0.05) is 23.7 Å². The Labute approximate surface area is 184 Å². The summed E-state index contributed by atoms with van der Waals surface area (Å²) in [5.74, 6) is 6.81. The summed E-state index contributed by atoms with van der Waals surface area (Å²) in [6, 6.07) is 14.4. The van der Waals surface area contributed by atoms with Crippen molar-refractivity contribution < 1.29 is 9.53 Å². The van der Waals surface area contributed by atoms with E-state index in [4.69, 9.17) is 34.4 Å². The summed E-state index contributed by atoms with van der Waals surface area (Å²) in [6.07, 6.45) is 0. The van der Waals surface area contributed by atoms with Crippen molar-refractivity contribution in [3.8, 4) is 5.75 Å². The van der Waals surface area contributed by atoms with Gasteiger partial charge < -0.3 is 10.1 Å². The smallest absolute Gasteiger partial charge is 0.196 e. The van der Waals surface area contributed by atoms with Crippen LogP contribution in [0.2, 0.25) is 5.02 Å². The molecular formula is C21H20ClN3O2S2. The highest BCUT2D eigenvalue weighted by atomic mass is 35.5. The van der Waals surface area contributed by atoms with E-state index in [1.165, 1.54) is 16.3 Å². The van der Waals surface area contributed by atoms with Crippen LogP contribution in [0.3, 0.4) is 0 Å². The minimum atomic E-state index is -0.0931. The molecule has 0 amide bonds. The molecule has 150 valence electrons. The minimum Gasteiger partial charge on any atom is -0.497 e. The Morgan fingerprint density at radius 2 is 1.86 bits per heavy atom. The van der Waals surface area contributed by atoms with Gasteiger partial charge in [-0.15, -0.1) is 11.3 Å². The van der Waals surface area contributed by atoms with Gasteiger partial charge >= 0.3 is 0 Å². The van der Waals surface area contributed by atoms with Crippen LogP contribution in [0.4, 0.5) is 5.00 Å². The zero-order valence-corrected chi connectivity index (χ0v) is 18.3. The summed E-state index contributed by atoms with van der Waals surface area (Å²) in [7, 11) is 1.62. The normalized spacial score (nSPS) is 10.5. The Morgan fingerprint density at radius 1 is 1.21 bits per heavy atom. The molecule has 0 atom stereocenters. The molecule has 0 aliphatic heterocycles. The molecule has 0 unspecified atom stereocenters. The number of hydrogen-bond donors (Lipinski definition) is 2. The first-order valence-corrected chi connectivity index (χ1v) is 10.4. The fourth-order valence-electron chi connectivity index (χ4n) is 2.73. The highest BCUT2D eigenvalue weighted by Gasteiger charge is 2.20. The van der Waals surface area contributed by atoms with Crippen LogP contribution in [-0.2, 0) is 6.54 Å². The Morgan fingerprint density at radius 3 is 2.48 bits per heavy atom. The van der Waals surface area contributed by atoms with Gasteiger partial charge in [0.05, 0.1) is 19.2 Å². The summed E-state index contributed by atoms with van der Waals surface area (Å²) in [4.78, 5) is 13.0. The molecule has 0 radical (unpaired) electrons. The van der Waals surface area contributed by atoms with E-state index >= 15 is 0 Å². The number of ketones is 1. The second-order valence-electron chi connectivity index (χ2n) is 6.36. The second-order valence-corrected chi connectivity index (χ2v) is 8.07. The molecule has 0 aliphatic rings. The maximum Gasteiger partial charge on any atom is 0.196 e. The lowest BCUT2D eigenvalue weighted by Crippen LogP contribution is -2.39. The van der Waals surface area contributed by atoms with Gasteiger partial charge in [-0.3, -0.25) is 9.80 Å². The number of halogens is 1. The quantitative estimate of drug-likeness (QED) is 0.240. The molecule has 0 spiro atoms. The molecule has 5 nitrogen and oxygen atoms in total. The maximum absolute atomic E-state index is 13.0. The number of thiophene rings is 1. The van der Waals surface area contributed by atoms with Gasteiger partial charge in [0.2, 0.25) is 0 Å². The third-order valence-corrected chi connectivity index (χ3v) is 5.90. The van der Waals surface area contributed by atoms with Crippen LogP contribution in [0.1, 0.15) is 27.0 Å². The number of carbonyl (C=O) groups excluding carboxylic acids is 1. The standard InChI is InChI=1S/C21H20ClN3O2S2/c1-13-12-29-20(18(13)19(26)15-5-7-16(22)8-6-15)24-21(28)25(23)11-14-3-9-17(27-2)10-4-14/h3-10,12H,11,23H2,1-2H3,(H,24,28). The summed E-state index contributed by atoms with van der Waals surface area (Å²) >= 11 is 12.8. The van der Waals surface area contributed by atoms with Crippen LogP contribution in [0.5, 0.6) is 5.75 Å². The van der Waals surface area contributed by atoms with Crippen LogP contribution in [-0.4, -0.2) is 23.0 Å². The number of hydrogen-bond acceptors (Lipinski definition) is 5. The zero-order chi connectivity index (χ0) is 21.0. The lowest BCUT2D eigenvalue weighted by Gasteiger charge is -2.20. The molecule has 2 aromatic carbocycles. The van der Waals surface area contributed by atoms with Crippen molar-refractivity contribution in [3.63, 3.8) is 0 Å². The summed E-state index contributed by atoms with van der Waals surface area (Å²) in [6.45, 7) is 2.31. The Kier molecular flexibility index (Phi) is 6.87. The van der Waals surface area contributed by atoms with Crippen LogP contribution in [0.25, 0.3) is 0 Å². The van der Waals surface area contributed by atoms with Crippen molar-refractivity contribution in [3.05, 3.63) is 81.2 Å². The van der Waals surface area contributed by atoms with E-state index in [0.717, 1.165) is 16.9 Å². The van der Waals surface area contributed by atoms with Gasteiger partial charge in [0, 0.05) is 10.6 Å². The lowest BCUT2D eigenvalue weighted by molar-refractivity contribution is 0.103. The maximum atomic E-state index is 13.0. The van der Waals surface area contributed by atoms with Crippen molar-refractivity contribution in [2.45, 2.75) is 13.5 Å². The number of carbonyl (C=O) groups is 1. The van der Waals surface area contributed by atoms with Gasteiger partial charge in [-0.05, 0) is 72.0 Å². The molecule has 0 bridgehead atoms. The van der Waals surface area contributed by atoms with Crippen molar-refractivity contribution in [2.75, 3.05) is 12.4 Å². The topological polar surface area (TPSA) is 67.6 Å². The van der Waals surface area contributed by atoms with Crippen LogP contribution in [0, 0.1) is 6.92 Å². The van der Waals surface area contributed by atoms with Gasteiger partial charge in [-0.25, -0.2) is 5.84 Å². The average Bonchev–Trinajstić information content (AvgIpc) is 3.08. The molecule has 1 aromatic heterocycles. The third-order valence-electron chi connectivity index (χ3n) is 4.30. The minimum absolute atomic E-state index is 0.0931. The van der Waals surface area contributed by atoms with E-state index in [1.54, 1.807) is 31.4 Å². The number of anilines is 1. The number of aryl methyl sites for hydroxylation is 1. The largest absolute Gasteiger partial charge is 0.497 e. The van der Waals surface area contributed by atoms with E-state index in [9.17, 15) is 4.79 Å². The van der Waals surface area contributed by atoms with Gasteiger partial charge in [0.1, 0.15) is 10.8 Å². The number of methoxy groups -OCH3 is 1. The second kappa shape index (κ2) is 9.37. The SMILES string of the molecule is COc1ccc(CN(N)C(=S)Nc2scc(C)c2C(=O)c2ccc(Cl)cc2)cc1. The monoisotopic (exact) mass is 445 g/mol. The first-order valence-electron chi connectivity index (χ1n) is 8.73. The predicted molar refractivity (Wildman–Crippen MR) is 123 cm³/mol. The number of thiocarbonyl (C=S) groups is 1. The summed E-state index contributed by atoms with van der Waals surface area (Å²) < 4.78 is 5.16. The predicted octanol–water partition coefficient (Wildman–Crippen LogP) is 5.02. The Bertz CT molecular complexity index is 1020. The fraction of sp³-hybridized carbons (Fsp3) is 0.143. The molecule has 0 saturated carbocycles. The molecule has 0 aliphatic carbocycles. The Hall–Kier alpha value is -2.45. The number of nitrogens with zero attached hydrogens (tertiary/aromatic N) is 1. The molecule has 1 heterocycles. The van der Waals surface area contributed by atoms with Gasteiger partial charge in [0.25, 0.3) is 0 Å². The van der Waals surface area contributed by atoms with Crippen molar-refractivity contribution in [1.29, 1.82) is 0 Å². The number of nitrogens with one attached hydrogen (secondary N) is 1. The van der Waals surface area contributed by atoms with E-state index in [1.807, 2.05) is 36.6 Å². The van der Waals surface area contributed by atoms with E-state index < -0.39 is 0 Å².